The molecule has 6 heteroatoms. The van der Waals surface area contributed by atoms with Gasteiger partial charge in [-0.1, -0.05) is 61.3 Å². The van der Waals surface area contributed by atoms with E-state index < -0.39 is 11.8 Å². The fraction of sp³-hybridized carbons (Fsp3) is 0.310. The zero-order valence-electron chi connectivity index (χ0n) is 20.7. The van der Waals surface area contributed by atoms with Gasteiger partial charge in [-0.3, -0.25) is 0 Å². The van der Waals surface area contributed by atoms with E-state index in [0.29, 0.717) is 10.8 Å². The maximum Gasteiger partial charge on any atom is 0.514 e. The summed E-state index contributed by atoms with van der Waals surface area (Å²) in [6.07, 6.45) is 2.45. The SMILES string of the molecule is CCCCc1nc2ccccc2n1Cc1ccc(-c2cc(Cl)ccc2OC(=O)OC(C)(C)C)cc1. The van der Waals surface area contributed by atoms with Gasteiger partial charge >= 0.3 is 6.16 Å². The summed E-state index contributed by atoms with van der Waals surface area (Å²) >= 11 is 6.27. The number of halogens is 1. The lowest BCUT2D eigenvalue weighted by Gasteiger charge is -2.19. The molecule has 0 atom stereocenters. The number of carbonyl (C=O) groups excluding carboxylic acids is 1. The summed E-state index contributed by atoms with van der Waals surface area (Å²) < 4.78 is 13.1. The maximum atomic E-state index is 12.3. The Hall–Kier alpha value is -3.31. The van der Waals surface area contributed by atoms with E-state index in [2.05, 4.69) is 41.8 Å². The number of aryl methyl sites for hydroxylation is 1. The summed E-state index contributed by atoms with van der Waals surface area (Å²) in [5.74, 6) is 1.51. The first-order valence-corrected chi connectivity index (χ1v) is 12.3. The van der Waals surface area contributed by atoms with Crippen molar-refractivity contribution in [3.05, 3.63) is 83.1 Å². The predicted octanol–water partition coefficient (Wildman–Crippen LogP) is 8.06. The van der Waals surface area contributed by atoms with Crippen molar-refractivity contribution in [3.63, 3.8) is 0 Å². The van der Waals surface area contributed by atoms with Gasteiger partial charge in [0, 0.05) is 23.6 Å². The molecule has 0 aliphatic carbocycles. The number of carbonyl (C=O) groups is 1. The molecule has 0 aliphatic heterocycles. The number of fused-ring (bicyclic) bond motifs is 1. The summed E-state index contributed by atoms with van der Waals surface area (Å²) in [6, 6.07) is 21.7. The van der Waals surface area contributed by atoms with Gasteiger partial charge in [0.25, 0.3) is 0 Å². The summed E-state index contributed by atoms with van der Waals surface area (Å²) in [5.41, 5.74) is 4.32. The third-order valence-electron chi connectivity index (χ3n) is 5.62. The van der Waals surface area contributed by atoms with Gasteiger partial charge in [-0.15, -0.1) is 0 Å². The van der Waals surface area contributed by atoms with Crippen LogP contribution < -0.4 is 4.74 Å². The fourth-order valence-corrected chi connectivity index (χ4v) is 4.15. The van der Waals surface area contributed by atoms with E-state index in [1.807, 2.05) is 18.2 Å². The zero-order valence-corrected chi connectivity index (χ0v) is 21.4. The molecule has 4 aromatic rings. The monoisotopic (exact) mass is 490 g/mol. The first kappa shape index (κ1) is 24.8. The first-order chi connectivity index (χ1) is 16.7. The molecule has 1 heterocycles. The molecule has 0 bridgehead atoms. The second-order valence-corrected chi connectivity index (χ2v) is 10.0. The molecule has 0 saturated carbocycles. The van der Waals surface area contributed by atoms with Crippen LogP contribution in [0.1, 0.15) is 51.9 Å². The number of benzene rings is 3. The van der Waals surface area contributed by atoms with Crippen LogP contribution in [0.2, 0.25) is 5.02 Å². The van der Waals surface area contributed by atoms with Gasteiger partial charge in [0.1, 0.15) is 17.2 Å². The molecule has 35 heavy (non-hydrogen) atoms. The number of hydrogen-bond donors (Lipinski definition) is 0. The number of aromatic nitrogens is 2. The van der Waals surface area contributed by atoms with Crippen molar-refractivity contribution in [2.45, 2.75) is 59.1 Å². The molecule has 1 aromatic heterocycles. The number of para-hydroxylation sites is 2. The minimum atomic E-state index is -0.746. The van der Waals surface area contributed by atoms with Crippen molar-refractivity contribution in [2.24, 2.45) is 0 Å². The van der Waals surface area contributed by atoms with Crippen molar-refractivity contribution in [2.75, 3.05) is 0 Å². The summed E-state index contributed by atoms with van der Waals surface area (Å²) in [5, 5.41) is 0.561. The lowest BCUT2D eigenvalue weighted by Crippen LogP contribution is -2.26. The molecule has 182 valence electrons. The Morgan fingerprint density at radius 1 is 1.03 bits per heavy atom. The van der Waals surface area contributed by atoms with Gasteiger partial charge in [0.2, 0.25) is 0 Å². The second-order valence-electron chi connectivity index (χ2n) is 9.61. The molecule has 5 nitrogen and oxygen atoms in total. The third kappa shape index (κ3) is 6.23. The number of nitrogens with zero attached hydrogens (tertiary/aromatic N) is 2. The van der Waals surface area contributed by atoms with E-state index in [-0.39, 0.29) is 0 Å². The summed E-state index contributed by atoms with van der Waals surface area (Å²) in [6.45, 7) is 8.33. The van der Waals surface area contributed by atoms with Gasteiger partial charge in [-0.05, 0) is 68.7 Å². The van der Waals surface area contributed by atoms with Crippen molar-refractivity contribution >= 4 is 28.8 Å². The Balaban J connectivity index is 1.60. The van der Waals surface area contributed by atoms with Crippen LogP contribution in [0.25, 0.3) is 22.2 Å². The van der Waals surface area contributed by atoms with Crippen LogP contribution >= 0.6 is 11.6 Å². The van der Waals surface area contributed by atoms with Crippen LogP contribution in [0.4, 0.5) is 4.79 Å². The van der Waals surface area contributed by atoms with Gasteiger partial charge in [-0.2, -0.15) is 0 Å². The highest BCUT2D eigenvalue weighted by atomic mass is 35.5. The zero-order chi connectivity index (χ0) is 25.0. The summed E-state index contributed by atoms with van der Waals surface area (Å²) in [7, 11) is 0. The van der Waals surface area contributed by atoms with Crippen LogP contribution in [0.3, 0.4) is 0 Å². The van der Waals surface area contributed by atoms with Gasteiger partial charge < -0.3 is 14.0 Å². The molecule has 0 spiro atoms. The molecule has 0 saturated heterocycles. The highest BCUT2D eigenvalue weighted by molar-refractivity contribution is 6.31. The number of unbranched alkanes of at least 4 members (excludes halogenated alkanes) is 1. The summed E-state index contributed by atoms with van der Waals surface area (Å²) in [4.78, 5) is 17.1. The highest BCUT2D eigenvalue weighted by Gasteiger charge is 2.20. The van der Waals surface area contributed by atoms with Crippen LogP contribution in [-0.4, -0.2) is 21.3 Å². The largest absolute Gasteiger partial charge is 0.514 e. The lowest BCUT2D eigenvalue weighted by atomic mass is 10.0. The number of ether oxygens (including phenoxy) is 2. The van der Waals surface area contributed by atoms with E-state index >= 15 is 0 Å². The smallest absolute Gasteiger partial charge is 0.428 e. The Bertz CT molecular complexity index is 1320. The van der Waals surface area contributed by atoms with E-state index in [1.54, 1.807) is 39.0 Å². The van der Waals surface area contributed by atoms with Gasteiger partial charge in [-0.25, -0.2) is 9.78 Å². The van der Waals surface area contributed by atoms with Crippen molar-refractivity contribution in [1.82, 2.24) is 9.55 Å². The van der Waals surface area contributed by atoms with Crippen LogP contribution in [0, 0.1) is 0 Å². The molecule has 0 fully saturated rings. The number of imidazole rings is 1. The van der Waals surface area contributed by atoms with Crippen LogP contribution in [-0.2, 0) is 17.7 Å². The normalized spacial score (nSPS) is 11.6. The standard InChI is InChI=1S/C29H31ClN2O3/c1-5-6-11-27-31-24-9-7-8-10-25(24)32(27)19-20-12-14-21(15-13-20)23-18-22(30)16-17-26(23)34-28(33)35-29(2,3)4/h7-10,12-18H,5-6,11,19H2,1-4H3. The quantitative estimate of drug-likeness (QED) is 0.194. The average molecular weight is 491 g/mol. The lowest BCUT2D eigenvalue weighted by molar-refractivity contribution is 0.0207. The molecular weight excluding hydrogens is 460 g/mol. The molecule has 0 aliphatic rings. The van der Waals surface area contributed by atoms with Gasteiger partial charge in [0.05, 0.1) is 11.0 Å². The van der Waals surface area contributed by atoms with E-state index in [9.17, 15) is 4.79 Å². The molecule has 0 unspecified atom stereocenters. The molecule has 0 radical (unpaired) electrons. The van der Waals surface area contributed by atoms with Crippen molar-refractivity contribution < 1.29 is 14.3 Å². The Morgan fingerprint density at radius 3 is 2.49 bits per heavy atom. The molecule has 3 aromatic carbocycles. The number of rotatable bonds is 7. The van der Waals surface area contributed by atoms with Crippen LogP contribution in [0.5, 0.6) is 5.75 Å². The van der Waals surface area contributed by atoms with E-state index in [1.165, 1.54) is 0 Å². The van der Waals surface area contributed by atoms with E-state index in [4.69, 9.17) is 26.1 Å². The molecule has 4 rings (SSSR count). The molecule has 0 amide bonds. The average Bonchev–Trinajstić information content (AvgIpc) is 3.15. The topological polar surface area (TPSA) is 53.4 Å². The third-order valence-corrected chi connectivity index (χ3v) is 5.85. The van der Waals surface area contributed by atoms with Crippen LogP contribution in [0.15, 0.2) is 66.7 Å². The van der Waals surface area contributed by atoms with E-state index in [0.717, 1.165) is 59.4 Å². The molecular formula is C29H31ClN2O3. The second kappa shape index (κ2) is 10.5. The van der Waals surface area contributed by atoms with Crippen molar-refractivity contribution in [3.8, 4) is 16.9 Å². The Kier molecular flexibility index (Phi) is 7.46. The molecule has 0 N–H and O–H groups in total. The first-order valence-electron chi connectivity index (χ1n) is 12.0. The fourth-order valence-electron chi connectivity index (χ4n) is 3.98. The predicted molar refractivity (Wildman–Crippen MR) is 141 cm³/mol. The number of hydrogen-bond acceptors (Lipinski definition) is 4. The maximum absolute atomic E-state index is 12.3. The highest BCUT2D eigenvalue weighted by Crippen LogP contribution is 2.33. The Labute approximate surface area is 211 Å². The minimum Gasteiger partial charge on any atom is -0.428 e. The van der Waals surface area contributed by atoms with Gasteiger partial charge in [0.15, 0.2) is 0 Å². The Morgan fingerprint density at radius 2 is 1.77 bits per heavy atom. The van der Waals surface area contributed by atoms with Crippen molar-refractivity contribution in [1.29, 1.82) is 0 Å². The minimum absolute atomic E-state index is 0.402.